The zero-order chi connectivity index (χ0) is 24.6. The molecule has 0 bridgehead atoms. The monoisotopic (exact) mass is 491 g/mol. The van der Waals surface area contributed by atoms with Crippen molar-refractivity contribution in [1.29, 1.82) is 0 Å². The molecule has 11 heteroatoms. The average Bonchev–Trinajstić information content (AvgIpc) is 3.37. The van der Waals surface area contributed by atoms with Crippen molar-refractivity contribution in [3.8, 4) is 11.4 Å². The molecule has 0 fully saturated rings. The smallest absolute Gasteiger partial charge is 0.337 e. The van der Waals surface area contributed by atoms with Gasteiger partial charge in [0.05, 0.1) is 11.1 Å². The molecule has 0 atom stereocenters. The zero-order valence-corrected chi connectivity index (χ0v) is 20.0. The van der Waals surface area contributed by atoms with E-state index in [-0.39, 0.29) is 29.4 Å². The highest BCUT2D eigenvalue weighted by molar-refractivity contribution is 7.98. The van der Waals surface area contributed by atoms with Crippen LogP contribution in [0.5, 0.6) is 0 Å². The second kappa shape index (κ2) is 9.28. The summed E-state index contributed by atoms with van der Waals surface area (Å²) >= 11 is 1.42. The first-order chi connectivity index (χ1) is 16.1. The van der Waals surface area contributed by atoms with Gasteiger partial charge in [0.1, 0.15) is 12.1 Å². The SMILES string of the molecule is CSc1nc2cc(C)n(Cc3nc(-c4cccc(C(F)(F)F)c4)no3)c2c(=O)n1CCC(C)C. The zero-order valence-electron chi connectivity index (χ0n) is 19.2. The van der Waals surface area contributed by atoms with Crippen LogP contribution < -0.4 is 5.56 Å². The minimum absolute atomic E-state index is 0.0485. The lowest BCUT2D eigenvalue weighted by molar-refractivity contribution is -0.137. The number of rotatable bonds is 7. The third-order valence-electron chi connectivity index (χ3n) is 5.50. The lowest BCUT2D eigenvalue weighted by Gasteiger charge is -2.13. The van der Waals surface area contributed by atoms with Crippen molar-refractivity contribution in [1.82, 2.24) is 24.3 Å². The van der Waals surface area contributed by atoms with E-state index in [9.17, 15) is 18.0 Å². The summed E-state index contributed by atoms with van der Waals surface area (Å²) in [6.45, 7) is 6.70. The number of aryl methyl sites for hydroxylation is 1. The molecule has 0 aliphatic heterocycles. The van der Waals surface area contributed by atoms with Gasteiger partial charge in [0.25, 0.3) is 5.56 Å². The molecule has 1 aromatic carbocycles. The van der Waals surface area contributed by atoms with Gasteiger partial charge in [-0.05, 0) is 43.7 Å². The molecule has 0 saturated carbocycles. The van der Waals surface area contributed by atoms with Gasteiger partial charge in [-0.1, -0.05) is 42.9 Å². The summed E-state index contributed by atoms with van der Waals surface area (Å²) in [6, 6.07) is 6.58. The number of aromatic nitrogens is 5. The van der Waals surface area contributed by atoms with Gasteiger partial charge in [0, 0.05) is 17.8 Å². The number of halogens is 3. The third-order valence-corrected chi connectivity index (χ3v) is 6.18. The fraction of sp³-hybridized carbons (Fsp3) is 0.391. The molecule has 0 saturated heterocycles. The molecule has 0 radical (unpaired) electrons. The van der Waals surface area contributed by atoms with Gasteiger partial charge in [0.2, 0.25) is 11.7 Å². The first kappa shape index (κ1) is 24.1. The first-order valence-corrected chi connectivity index (χ1v) is 12.0. The van der Waals surface area contributed by atoms with Crippen molar-refractivity contribution in [3.05, 3.63) is 57.8 Å². The molecule has 0 amide bonds. The van der Waals surface area contributed by atoms with E-state index >= 15 is 0 Å². The van der Waals surface area contributed by atoms with Gasteiger partial charge in [0.15, 0.2) is 5.16 Å². The van der Waals surface area contributed by atoms with Crippen LogP contribution in [0.2, 0.25) is 0 Å². The Hall–Kier alpha value is -3.08. The number of hydrogen-bond donors (Lipinski definition) is 0. The summed E-state index contributed by atoms with van der Waals surface area (Å²) in [5.41, 5.74) is 1.04. The van der Waals surface area contributed by atoms with Crippen molar-refractivity contribution in [2.75, 3.05) is 6.26 Å². The van der Waals surface area contributed by atoms with Crippen LogP contribution >= 0.6 is 11.8 Å². The maximum Gasteiger partial charge on any atom is 0.416 e. The largest absolute Gasteiger partial charge is 0.416 e. The predicted molar refractivity (Wildman–Crippen MR) is 124 cm³/mol. The highest BCUT2D eigenvalue weighted by Gasteiger charge is 2.31. The summed E-state index contributed by atoms with van der Waals surface area (Å²) < 4.78 is 47.9. The molecule has 3 heterocycles. The molecular formula is C23H24F3N5O2S. The van der Waals surface area contributed by atoms with E-state index in [4.69, 9.17) is 4.52 Å². The lowest BCUT2D eigenvalue weighted by atomic mass is 10.1. The molecule has 0 unspecified atom stereocenters. The highest BCUT2D eigenvalue weighted by Crippen LogP contribution is 2.31. The van der Waals surface area contributed by atoms with Crippen LogP contribution in [-0.4, -0.2) is 30.5 Å². The molecule has 3 aromatic heterocycles. The molecule has 4 aromatic rings. The first-order valence-electron chi connectivity index (χ1n) is 10.7. The van der Waals surface area contributed by atoms with E-state index < -0.39 is 11.7 Å². The Morgan fingerprint density at radius 1 is 1.15 bits per heavy atom. The molecule has 180 valence electrons. The molecule has 34 heavy (non-hydrogen) atoms. The lowest BCUT2D eigenvalue weighted by Crippen LogP contribution is -2.26. The van der Waals surface area contributed by atoms with Gasteiger partial charge in [-0.25, -0.2) is 4.98 Å². The average molecular weight is 492 g/mol. The van der Waals surface area contributed by atoms with Gasteiger partial charge < -0.3 is 9.09 Å². The Kier molecular flexibility index (Phi) is 6.57. The van der Waals surface area contributed by atoms with Crippen LogP contribution in [0.4, 0.5) is 13.2 Å². The normalized spacial score (nSPS) is 12.2. The van der Waals surface area contributed by atoms with Crippen molar-refractivity contribution >= 4 is 22.8 Å². The third kappa shape index (κ3) is 4.75. The minimum Gasteiger partial charge on any atom is -0.337 e. The molecule has 0 aliphatic rings. The van der Waals surface area contributed by atoms with Crippen LogP contribution in [0, 0.1) is 12.8 Å². The van der Waals surface area contributed by atoms with Crippen LogP contribution in [0.1, 0.15) is 37.4 Å². The Morgan fingerprint density at radius 3 is 2.59 bits per heavy atom. The molecule has 0 spiro atoms. The molecule has 7 nitrogen and oxygen atoms in total. The van der Waals surface area contributed by atoms with Gasteiger partial charge in [-0.3, -0.25) is 9.36 Å². The van der Waals surface area contributed by atoms with E-state index in [0.29, 0.717) is 28.7 Å². The number of hydrogen-bond acceptors (Lipinski definition) is 6. The Labute approximate surface area is 198 Å². The highest BCUT2D eigenvalue weighted by atomic mass is 32.2. The Morgan fingerprint density at radius 2 is 1.91 bits per heavy atom. The minimum atomic E-state index is -4.47. The summed E-state index contributed by atoms with van der Waals surface area (Å²) in [4.78, 5) is 22.4. The maximum atomic E-state index is 13.4. The van der Waals surface area contributed by atoms with Crippen LogP contribution in [0.25, 0.3) is 22.4 Å². The van der Waals surface area contributed by atoms with Crippen molar-refractivity contribution in [2.45, 2.75) is 51.6 Å². The van der Waals surface area contributed by atoms with E-state index in [0.717, 1.165) is 24.2 Å². The second-order valence-electron chi connectivity index (χ2n) is 8.43. The fourth-order valence-corrected chi connectivity index (χ4v) is 4.28. The Bertz CT molecular complexity index is 1390. The number of nitrogens with zero attached hydrogens (tertiary/aromatic N) is 5. The number of fused-ring (bicyclic) bond motifs is 1. The van der Waals surface area contributed by atoms with Crippen molar-refractivity contribution in [3.63, 3.8) is 0 Å². The summed E-state index contributed by atoms with van der Waals surface area (Å²) in [5, 5.41) is 4.50. The Balaban J connectivity index is 1.71. The summed E-state index contributed by atoms with van der Waals surface area (Å²) in [7, 11) is 0. The number of thioether (sulfide) groups is 1. The molecular weight excluding hydrogens is 467 g/mol. The number of alkyl halides is 3. The van der Waals surface area contributed by atoms with E-state index in [2.05, 4.69) is 29.0 Å². The van der Waals surface area contributed by atoms with Crippen molar-refractivity contribution < 1.29 is 17.7 Å². The molecule has 0 N–H and O–H groups in total. The summed E-state index contributed by atoms with van der Waals surface area (Å²) in [5.74, 6) is 0.654. The van der Waals surface area contributed by atoms with Crippen LogP contribution in [0.15, 0.2) is 44.8 Å². The van der Waals surface area contributed by atoms with E-state index in [1.807, 2.05) is 19.2 Å². The summed E-state index contributed by atoms with van der Waals surface area (Å²) in [6.07, 6.45) is -1.75. The van der Waals surface area contributed by atoms with Crippen molar-refractivity contribution in [2.24, 2.45) is 5.92 Å². The van der Waals surface area contributed by atoms with Gasteiger partial charge >= 0.3 is 6.18 Å². The maximum absolute atomic E-state index is 13.4. The van der Waals surface area contributed by atoms with E-state index in [1.165, 1.54) is 23.9 Å². The van der Waals surface area contributed by atoms with Gasteiger partial charge in [-0.15, -0.1) is 0 Å². The standard InChI is InChI=1S/C23H24F3N5O2S/c1-13(2)8-9-30-21(32)19-17(27-22(30)34-4)10-14(3)31(19)12-18-28-20(29-33-18)15-6-5-7-16(11-15)23(24,25)26/h5-7,10-11,13H,8-9,12H2,1-4H3. The van der Waals surface area contributed by atoms with Crippen LogP contribution in [-0.2, 0) is 19.3 Å². The predicted octanol–water partition coefficient (Wildman–Crippen LogP) is 5.39. The fourth-order valence-electron chi connectivity index (χ4n) is 3.70. The second-order valence-corrected chi connectivity index (χ2v) is 9.21. The molecule has 0 aliphatic carbocycles. The molecule has 4 rings (SSSR count). The van der Waals surface area contributed by atoms with E-state index in [1.54, 1.807) is 9.13 Å². The van der Waals surface area contributed by atoms with Gasteiger partial charge in [-0.2, -0.15) is 18.2 Å². The topological polar surface area (TPSA) is 78.7 Å². The van der Waals surface area contributed by atoms with Crippen LogP contribution in [0.3, 0.4) is 0 Å². The quantitative estimate of drug-likeness (QED) is 0.255. The number of benzene rings is 1.